The third-order valence-electron chi connectivity index (χ3n) is 3.85. The summed E-state index contributed by atoms with van der Waals surface area (Å²) in [5, 5.41) is 0. The molecule has 1 aromatic rings. The van der Waals surface area contributed by atoms with E-state index in [2.05, 4.69) is 39.0 Å². The molecule has 1 nitrogen and oxygen atoms in total. The van der Waals surface area contributed by atoms with Crippen molar-refractivity contribution < 1.29 is 21.5 Å². The summed E-state index contributed by atoms with van der Waals surface area (Å²) >= 11 is 0. The van der Waals surface area contributed by atoms with Crippen LogP contribution in [0.15, 0.2) is 18.2 Å². The molecule has 0 saturated heterocycles. The number of fused-ring (bicyclic) bond motifs is 1. The maximum absolute atomic E-state index is 2.31. The van der Waals surface area contributed by atoms with E-state index in [1.54, 1.807) is 11.1 Å². The first-order valence-electron chi connectivity index (χ1n) is 5.63. The summed E-state index contributed by atoms with van der Waals surface area (Å²) < 4.78 is 1.25. The highest BCUT2D eigenvalue weighted by Gasteiger charge is 2.33. The van der Waals surface area contributed by atoms with Crippen LogP contribution < -0.4 is 17.0 Å². The Kier molecular flexibility index (Phi) is 3.96. The molecule has 0 unspecified atom stereocenters. The van der Waals surface area contributed by atoms with Gasteiger partial charge in [-0.05, 0) is 26.3 Å². The van der Waals surface area contributed by atoms with Gasteiger partial charge in [-0.1, -0.05) is 18.2 Å². The van der Waals surface area contributed by atoms with E-state index in [4.69, 9.17) is 0 Å². The van der Waals surface area contributed by atoms with Gasteiger partial charge in [0.15, 0.2) is 0 Å². The first kappa shape index (κ1) is 12.7. The lowest BCUT2D eigenvalue weighted by atomic mass is 10.1. The Hall–Kier alpha value is -0.340. The summed E-state index contributed by atoms with van der Waals surface area (Å²) in [4.78, 5) is 0. The number of halogens is 1. The second-order valence-electron chi connectivity index (χ2n) is 4.50. The number of hydrogen-bond donors (Lipinski definition) is 0. The highest BCUT2D eigenvalue weighted by atomic mass is 79.9. The maximum atomic E-state index is 2.31. The van der Waals surface area contributed by atoms with Crippen LogP contribution in [0.1, 0.15) is 30.5 Å². The Morgan fingerprint density at radius 1 is 1.13 bits per heavy atom. The van der Waals surface area contributed by atoms with E-state index in [0.717, 1.165) is 0 Å². The molecular formula is C13H20BrN. The standard InChI is InChI=1S/C13H20N.BrH/c1-4-14(5-2)9-12-8-6-7-11(3)13(12)10-14;/h6-8H,4-5,9-10H2,1-3H3;1H/q+1;/p-1. The maximum Gasteiger partial charge on any atom is 0.105 e. The quantitative estimate of drug-likeness (QED) is 0.657. The summed E-state index contributed by atoms with van der Waals surface area (Å²) in [6.07, 6.45) is 0. The topological polar surface area (TPSA) is 0 Å². The van der Waals surface area contributed by atoms with Crippen LogP contribution in [-0.2, 0) is 13.1 Å². The van der Waals surface area contributed by atoms with Gasteiger partial charge >= 0.3 is 0 Å². The van der Waals surface area contributed by atoms with E-state index in [1.807, 2.05) is 0 Å². The molecule has 0 aromatic heterocycles. The minimum Gasteiger partial charge on any atom is -1.00 e. The Balaban J connectivity index is 0.00000112. The predicted octanol–water partition coefficient (Wildman–Crippen LogP) is -0.131. The monoisotopic (exact) mass is 269 g/mol. The molecule has 1 aliphatic rings. The van der Waals surface area contributed by atoms with Crippen LogP contribution in [-0.4, -0.2) is 17.6 Å². The largest absolute Gasteiger partial charge is 1.00 e. The van der Waals surface area contributed by atoms with Gasteiger partial charge in [-0.15, -0.1) is 0 Å². The van der Waals surface area contributed by atoms with Crippen LogP contribution in [0.5, 0.6) is 0 Å². The second-order valence-corrected chi connectivity index (χ2v) is 4.50. The summed E-state index contributed by atoms with van der Waals surface area (Å²) in [6, 6.07) is 6.73. The smallest absolute Gasteiger partial charge is 0.105 e. The van der Waals surface area contributed by atoms with Gasteiger partial charge in [-0.3, -0.25) is 0 Å². The van der Waals surface area contributed by atoms with Gasteiger partial charge in [-0.2, -0.15) is 0 Å². The third kappa shape index (κ3) is 2.11. The fourth-order valence-corrected chi connectivity index (χ4v) is 2.56. The van der Waals surface area contributed by atoms with Gasteiger partial charge in [-0.25, -0.2) is 0 Å². The molecule has 0 saturated carbocycles. The van der Waals surface area contributed by atoms with E-state index in [1.165, 1.54) is 36.2 Å². The molecule has 1 aliphatic heterocycles. The zero-order chi connectivity index (χ0) is 10.2. The van der Waals surface area contributed by atoms with Crippen molar-refractivity contribution in [1.29, 1.82) is 0 Å². The molecular weight excluding hydrogens is 250 g/mol. The molecule has 1 aromatic carbocycles. The van der Waals surface area contributed by atoms with E-state index in [0.29, 0.717) is 0 Å². The molecule has 0 bridgehead atoms. The highest BCUT2D eigenvalue weighted by Crippen LogP contribution is 2.31. The molecule has 0 aliphatic carbocycles. The Bertz CT molecular complexity index is 342. The minimum atomic E-state index is 0. The lowest BCUT2D eigenvalue weighted by Gasteiger charge is -2.31. The van der Waals surface area contributed by atoms with E-state index >= 15 is 0 Å². The Morgan fingerprint density at radius 3 is 2.33 bits per heavy atom. The lowest BCUT2D eigenvalue weighted by Crippen LogP contribution is -3.00. The van der Waals surface area contributed by atoms with Crippen molar-refractivity contribution in [2.75, 3.05) is 13.1 Å². The molecule has 2 heteroatoms. The van der Waals surface area contributed by atoms with Crippen molar-refractivity contribution in [3.05, 3.63) is 34.9 Å². The van der Waals surface area contributed by atoms with Gasteiger partial charge in [0.25, 0.3) is 0 Å². The minimum absolute atomic E-state index is 0. The van der Waals surface area contributed by atoms with Crippen molar-refractivity contribution in [3.8, 4) is 0 Å². The molecule has 0 fully saturated rings. The summed E-state index contributed by atoms with van der Waals surface area (Å²) in [6.45, 7) is 11.9. The van der Waals surface area contributed by atoms with Crippen molar-refractivity contribution in [2.45, 2.75) is 33.9 Å². The van der Waals surface area contributed by atoms with Crippen LogP contribution in [0.25, 0.3) is 0 Å². The number of aryl methyl sites for hydroxylation is 1. The third-order valence-corrected chi connectivity index (χ3v) is 3.85. The summed E-state index contributed by atoms with van der Waals surface area (Å²) in [7, 11) is 0. The first-order chi connectivity index (χ1) is 6.71. The van der Waals surface area contributed by atoms with Crippen molar-refractivity contribution in [2.24, 2.45) is 0 Å². The molecule has 0 N–H and O–H groups in total. The number of nitrogens with zero attached hydrogens (tertiary/aromatic N) is 1. The summed E-state index contributed by atoms with van der Waals surface area (Å²) in [5.41, 5.74) is 4.66. The summed E-state index contributed by atoms with van der Waals surface area (Å²) in [5.74, 6) is 0. The van der Waals surface area contributed by atoms with Gasteiger partial charge in [0.05, 0.1) is 13.1 Å². The SMILES string of the molecule is CC[N+]1(CC)Cc2cccc(C)c2C1.[Br-]. The fraction of sp³-hybridized carbons (Fsp3) is 0.538. The molecule has 0 atom stereocenters. The normalized spacial score (nSPS) is 17.0. The molecule has 1 heterocycles. The molecule has 84 valence electrons. The van der Waals surface area contributed by atoms with Crippen LogP contribution >= 0.6 is 0 Å². The average molecular weight is 270 g/mol. The number of benzene rings is 1. The number of hydrogen-bond acceptors (Lipinski definition) is 0. The van der Waals surface area contributed by atoms with Crippen LogP contribution in [0.3, 0.4) is 0 Å². The van der Waals surface area contributed by atoms with Gasteiger partial charge in [0.1, 0.15) is 13.1 Å². The van der Waals surface area contributed by atoms with E-state index < -0.39 is 0 Å². The van der Waals surface area contributed by atoms with Crippen LogP contribution in [0.2, 0.25) is 0 Å². The lowest BCUT2D eigenvalue weighted by molar-refractivity contribution is -0.944. The van der Waals surface area contributed by atoms with Crippen molar-refractivity contribution >= 4 is 0 Å². The Labute approximate surface area is 103 Å². The van der Waals surface area contributed by atoms with Gasteiger partial charge in [0, 0.05) is 11.1 Å². The van der Waals surface area contributed by atoms with Crippen LogP contribution in [0.4, 0.5) is 0 Å². The molecule has 0 spiro atoms. The number of quaternary nitrogens is 1. The van der Waals surface area contributed by atoms with Crippen molar-refractivity contribution in [1.82, 2.24) is 0 Å². The second kappa shape index (κ2) is 4.67. The van der Waals surface area contributed by atoms with Crippen molar-refractivity contribution in [3.63, 3.8) is 0 Å². The molecule has 15 heavy (non-hydrogen) atoms. The van der Waals surface area contributed by atoms with E-state index in [-0.39, 0.29) is 17.0 Å². The van der Waals surface area contributed by atoms with Gasteiger partial charge < -0.3 is 21.5 Å². The van der Waals surface area contributed by atoms with Crippen LogP contribution in [0, 0.1) is 6.92 Å². The average Bonchev–Trinajstić information content (AvgIpc) is 2.59. The Morgan fingerprint density at radius 2 is 1.80 bits per heavy atom. The predicted molar refractivity (Wildman–Crippen MR) is 59.9 cm³/mol. The van der Waals surface area contributed by atoms with E-state index in [9.17, 15) is 0 Å². The van der Waals surface area contributed by atoms with Gasteiger partial charge in [0.2, 0.25) is 0 Å². The first-order valence-corrected chi connectivity index (χ1v) is 5.63. The number of rotatable bonds is 2. The highest BCUT2D eigenvalue weighted by molar-refractivity contribution is 5.35. The zero-order valence-corrected chi connectivity index (χ0v) is 11.5. The molecule has 0 amide bonds. The molecule has 2 rings (SSSR count). The molecule has 0 radical (unpaired) electrons. The zero-order valence-electron chi connectivity index (χ0n) is 9.89. The fourth-order valence-electron chi connectivity index (χ4n) is 2.56.